The Morgan fingerprint density at radius 2 is 2.20 bits per heavy atom. The van der Waals surface area contributed by atoms with Gasteiger partial charge in [0.05, 0.1) is 16.6 Å². The lowest BCUT2D eigenvalue weighted by atomic mass is 10.2. The maximum Gasteiger partial charge on any atom is 0.335 e. The van der Waals surface area contributed by atoms with Crippen molar-refractivity contribution >= 4 is 17.0 Å². The first-order valence-corrected chi connectivity index (χ1v) is 6.67. The van der Waals surface area contributed by atoms with E-state index in [2.05, 4.69) is 4.98 Å². The molecule has 0 radical (unpaired) electrons. The standard InChI is InChI=1S/C14H18N2O4/c1-2-7-20-8-3-6-16-12-9-10(13(17)18)4-5-11(12)15-14(16)19/h4-5,9H,2-3,6-8H2,1H3,(H,15,19)(H,17,18). The summed E-state index contributed by atoms with van der Waals surface area (Å²) < 4.78 is 6.93. The van der Waals surface area contributed by atoms with E-state index in [0.717, 1.165) is 6.42 Å². The third-order valence-electron chi connectivity index (χ3n) is 3.04. The lowest BCUT2D eigenvalue weighted by Gasteiger charge is -2.05. The Morgan fingerprint density at radius 1 is 1.40 bits per heavy atom. The number of carboxylic acid groups (broad SMARTS) is 1. The summed E-state index contributed by atoms with van der Waals surface area (Å²) in [7, 11) is 0. The molecule has 0 atom stereocenters. The maximum atomic E-state index is 11.9. The Balaban J connectivity index is 2.18. The number of H-pyrrole nitrogens is 1. The topological polar surface area (TPSA) is 84.3 Å². The molecule has 1 aromatic carbocycles. The highest BCUT2D eigenvalue weighted by Crippen LogP contribution is 2.13. The predicted molar refractivity (Wildman–Crippen MR) is 75.2 cm³/mol. The van der Waals surface area contributed by atoms with Gasteiger partial charge in [-0.3, -0.25) is 4.57 Å². The number of nitrogens with zero attached hydrogens (tertiary/aromatic N) is 1. The van der Waals surface area contributed by atoms with Crippen molar-refractivity contribution in [2.24, 2.45) is 0 Å². The van der Waals surface area contributed by atoms with Crippen LogP contribution in [0.4, 0.5) is 0 Å². The highest BCUT2D eigenvalue weighted by molar-refractivity contribution is 5.92. The quantitative estimate of drug-likeness (QED) is 0.757. The normalized spacial score (nSPS) is 11.1. The zero-order chi connectivity index (χ0) is 14.5. The molecule has 0 unspecified atom stereocenters. The third-order valence-corrected chi connectivity index (χ3v) is 3.04. The van der Waals surface area contributed by atoms with Crippen LogP contribution < -0.4 is 5.69 Å². The van der Waals surface area contributed by atoms with Crippen LogP contribution >= 0.6 is 0 Å². The summed E-state index contributed by atoms with van der Waals surface area (Å²) in [6, 6.07) is 4.61. The van der Waals surface area contributed by atoms with Gasteiger partial charge < -0.3 is 14.8 Å². The van der Waals surface area contributed by atoms with Crippen molar-refractivity contribution < 1.29 is 14.6 Å². The van der Waals surface area contributed by atoms with Crippen LogP contribution in [0.2, 0.25) is 0 Å². The van der Waals surface area contributed by atoms with Gasteiger partial charge in [0.1, 0.15) is 0 Å². The molecular formula is C14H18N2O4. The minimum atomic E-state index is -1.00. The molecule has 108 valence electrons. The molecule has 0 saturated heterocycles. The molecule has 0 fully saturated rings. The zero-order valence-corrected chi connectivity index (χ0v) is 11.4. The highest BCUT2D eigenvalue weighted by Gasteiger charge is 2.10. The molecule has 6 heteroatoms. The number of hydrogen-bond acceptors (Lipinski definition) is 3. The lowest BCUT2D eigenvalue weighted by Crippen LogP contribution is -2.17. The summed E-state index contributed by atoms with van der Waals surface area (Å²) in [4.78, 5) is 25.6. The van der Waals surface area contributed by atoms with E-state index in [4.69, 9.17) is 9.84 Å². The molecule has 2 rings (SSSR count). The first-order chi connectivity index (χ1) is 9.63. The Kier molecular flexibility index (Phi) is 4.57. The monoisotopic (exact) mass is 278 g/mol. The second-order valence-electron chi connectivity index (χ2n) is 4.58. The van der Waals surface area contributed by atoms with E-state index in [9.17, 15) is 9.59 Å². The number of fused-ring (bicyclic) bond motifs is 1. The molecule has 0 aliphatic carbocycles. The number of hydrogen-bond donors (Lipinski definition) is 2. The number of benzene rings is 1. The van der Waals surface area contributed by atoms with E-state index < -0.39 is 5.97 Å². The van der Waals surface area contributed by atoms with E-state index in [1.54, 1.807) is 10.6 Å². The zero-order valence-electron chi connectivity index (χ0n) is 11.4. The van der Waals surface area contributed by atoms with Crippen LogP contribution in [0.3, 0.4) is 0 Å². The summed E-state index contributed by atoms with van der Waals surface area (Å²) in [5.74, 6) is -1.00. The van der Waals surface area contributed by atoms with Gasteiger partial charge in [0, 0.05) is 19.8 Å². The lowest BCUT2D eigenvalue weighted by molar-refractivity contribution is 0.0697. The largest absolute Gasteiger partial charge is 0.478 e. The van der Waals surface area contributed by atoms with Crippen LogP contribution in [-0.4, -0.2) is 33.8 Å². The van der Waals surface area contributed by atoms with Gasteiger partial charge in [-0.2, -0.15) is 0 Å². The van der Waals surface area contributed by atoms with Crippen LogP contribution in [0.5, 0.6) is 0 Å². The average molecular weight is 278 g/mol. The van der Waals surface area contributed by atoms with Crippen molar-refractivity contribution in [2.75, 3.05) is 13.2 Å². The van der Waals surface area contributed by atoms with Crippen molar-refractivity contribution in [1.82, 2.24) is 9.55 Å². The van der Waals surface area contributed by atoms with Crippen LogP contribution in [0.15, 0.2) is 23.0 Å². The first-order valence-electron chi connectivity index (χ1n) is 6.67. The van der Waals surface area contributed by atoms with Crippen molar-refractivity contribution in [3.8, 4) is 0 Å². The summed E-state index contributed by atoms with van der Waals surface area (Å²) in [5, 5.41) is 9.00. The summed E-state index contributed by atoms with van der Waals surface area (Å²) >= 11 is 0. The number of rotatable bonds is 7. The number of imidazole rings is 1. The summed E-state index contributed by atoms with van der Waals surface area (Å²) in [6.45, 7) is 3.85. The van der Waals surface area contributed by atoms with Gasteiger partial charge in [-0.1, -0.05) is 6.92 Å². The predicted octanol–water partition coefficient (Wildman–Crippen LogP) is 1.84. The van der Waals surface area contributed by atoms with Crippen molar-refractivity contribution in [1.29, 1.82) is 0 Å². The Morgan fingerprint density at radius 3 is 2.90 bits per heavy atom. The van der Waals surface area contributed by atoms with E-state index in [-0.39, 0.29) is 11.3 Å². The minimum Gasteiger partial charge on any atom is -0.478 e. The van der Waals surface area contributed by atoms with Crippen molar-refractivity contribution in [2.45, 2.75) is 26.3 Å². The van der Waals surface area contributed by atoms with Gasteiger partial charge in [0.15, 0.2) is 0 Å². The van der Waals surface area contributed by atoms with Gasteiger partial charge in [0.25, 0.3) is 0 Å². The van der Waals surface area contributed by atoms with E-state index >= 15 is 0 Å². The number of carbonyl (C=O) groups is 1. The second kappa shape index (κ2) is 6.38. The van der Waals surface area contributed by atoms with Gasteiger partial charge in [-0.05, 0) is 31.0 Å². The number of aryl methyl sites for hydroxylation is 1. The fraction of sp³-hybridized carbons (Fsp3) is 0.429. The fourth-order valence-corrected chi connectivity index (χ4v) is 2.08. The molecule has 2 N–H and O–H groups in total. The van der Waals surface area contributed by atoms with Gasteiger partial charge in [-0.15, -0.1) is 0 Å². The van der Waals surface area contributed by atoms with Gasteiger partial charge >= 0.3 is 11.7 Å². The first kappa shape index (κ1) is 14.3. The Bertz CT molecular complexity index is 657. The molecule has 20 heavy (non-hydrogen) atoms. The van der Waals surface area contributed by atoms with Crippen LogP contribution in [0.1, 0.15) is 30.1 Å². The molecule has 0 saturated carbocycles. The van der Waals surface area contributed by atoms with E-state index in [0.29, 0.717) is 37.2 Å². The third kappa shape index (κ3) is 3.08. The van der Waals surface area contributed by atoms with Crippen molar-refractivity contribution in [3.05, 3.63) is 34.2 Å². The minimum absolute atomic E-state index is 0.174. The Hall–Kier alpha value is -2.08. The van der Waals surface area contributed by atoms with E-state index in [1.165, 1.54) is 12.1 Å². The van der Waals surface area contributed by atoms with Crippen LogP contribution in [0.25, 0.3) is 11.0 Å². The molecule has 0 aliphatic heterocycles. The number of carboxylic acids is 1. The van der Waals surface area contributed by atoms with Crippen LogP contribution in [0, 0.1) is 0 Å². The van der Waals surface area contributed by atoms with Gasteiger partial charge in [0.2, 0.25) is 0 Å². The molecule has 6 nitrogen and oxygen atoms in total. The molecule has 0 amide bonds. The molecule has 1 heterocycles. The smallest absolute Gasteiger partial charge is 0.335 e. The van der Waals surface area contributed by atoms with E-state index in [1.807, 2.05) is 6.92 Å². The molecule has 2 aromatic rings. The molecule has 1 aromatic heterocycles. The summed E-state index contributed by atoms with van der Waals surface area (Å²) in [6.07, 6.45) is 1.68. The fourth-order valence-electron chi connectivity index (χ4n) is 2.08. The molecule has 0 bridgehead atoms. The molecular weight excluding hydrogens is 260 g/mol. The maximum absolute atomic E-state index is 11.9. The number of aromatic carboxylic acids is 1. The van der Waals surface area contributed by atoms with Gasteiger partial charge in [-0.25, -0.2) is 9.59 Å². The second-order valence-corrected chi connectivity index (χ2v) is 4.58. The highest BCUT2D eigenvalue weighted by atomic mass is 16.5. The van der Waals surface area contributed by atoms with Crippen LogP contribution in [-0.2, 0) is 11.3 Å². The average Bonchev–Trinajstić information content (AvgIpc) is 2.73. The molecule has 0 spiro atoms. The number of aromatic nitrogens is 2. The van der Waals surface area contributed by atoms with Crippen molar-refractivity contribution in [3.63, 3.8) is 0 Å². The number of nitrogens with one attached hydrogen (secondary N) is 1. The summed E-state index contributed by atoms with van der Waals surface area (Å²) in [5.41, 5.74) is 1.21. The Labute approximate surface area is 116 Å². The molecule has 0 aliphatic rings. The number of ether oxygens (including phenoxy) is 1. The number of aromatic amines is 1. The SMILES string of the molecule is CCCOCCCn1c(=O)[nH]c2ccc(C(=O)O)cc21.